The third-order valence-corrected chi connectivity index (χ3v) is 4.15. The number of unbranched alkanes of at least 4 members (excludes halogenated alkanes) is 8. The van der Waals surface area contributed by atoms with Crippen LogP contribution in [0.5, 0.6) is 0 Å². The van der Waals surface area contributed by atoms with E-state index in [1.54, 1.807) is 20.9 Å². The molecule has 0 fully saturated rings. The van der Waals surface area contributed by atoms with Gasteiger partial charge in [-0.1, -0.05) is 72.1 Å². The number of carbonyl (C=O) groups is 2. The van der Waals surface area contributed by atoms with Gasteiger partial charge in [-0.05, 0) is 6.42 Å². The Balaban J connectivity index is 0. The normalized spacial score (nSPS) is 10.8. The molecule has 0 atom stereocenters. The zero-order chi connectivity index (χ0) is 20.4. The van der Waals surface area contributed by atoms with Gasteiger partial charge in [0.2, 0.25) is 5.91 Å². The zero-order valence-corrected chi connectivity index (χ0v) is 17.3. The van der Waals surface area contributed by atoms with Gasteiger partial charge in [0.1, 0.15) is 6.54 Å². The van der Waals surface area contributed by atoms with E-state index >= 15 is 0 Å². The van der Waals surface area contributed by atoms with Crippen LogP contribution in [0.1, 0.15) is 85.0 Å². The second-order valence-corrected chi connectivity index (χ2v) is 7.70. The first-order chi connectivity index (χ1) is 12.2. The molecule has 0 spiro atoms. The quantitative estimate of drug-likeness (QED) is 0.404. The SMILES string of the molecule is CC(C)(CO)CO.CCCCCCCCCCCC(=O)N(C)CC(=O)O. The van der Waals surface area contributed by atoms with E-state index < -0.39 is 5.97 Å². The molecule has 0 aliphatic heterocycles. The number of likely N-dealkylation sites (N-methyl/N-ethyl adjacent to an activating group) is 1. The minimum Gasteiger partial charge on any atom is -0.480 e. The molecule has 0 bridgehead atoms. The molecule has 0 aromatic carbocycles. The molecule has 1 amide bonds. The van der Waals surface area contributed by atoms with E-state index in [1.165, 1.54) is 49.8 Å². The number of carboxylic acid groups (broad SMARTS) is 1. The molecule has 6 nitrogen and oxygen atoms in total. The highest BCUT2D eigenvalue weighted by Gasteiger charge is 2.13. The fourth-order valence-electron chi connectivity index (χ4n) is 2.12. The first-order valence-corrected chi connectivity index (χ1v) is 9.87. The van der Waals surface area contributed by atoms with E-state index in [2.05, 4.69) is 6.92 Å². The number of hydrogen-bond donors (Lipinski definition) is 3. The van der Waals surface area contributed by atoms with Crippen molar-refractivity contribution < 1.29 is 24.9 Å². The number of aliphatic hydroxyl groups is 2. The van der Waals surface area contributed by atoms with Crippen LogP contribution in [0.25, 0.3) is 0 Å². The van der Waals surface area contributed by atoms with Crippen molar-refractivity contribution in [1.82, 2.24) is 4.90 Å². The molecule has 0 saturated carbocycles. The zero-order valence-electron chi connectivity index (χ0n) is 17.3. The molecule has 0 aromatic rings. The summed E-state index contributed by atoms with van der Waals surface area (Å²) >= 11 is 0. The largest absolute Gasteiger partial charge is 0.480 e. The third kappa shape index (κ3) is 19.2. The smallest absolute Gasteiger partial charge is 0.323 e. The average Bonchev–Trinajstić information content (AvgIpc) is 2.60. The van der Waals surface area contributed by atoms with E-state index in [0.29, 0.717) is 6.42 Å². The van der Waals surface area contributed by atoms with Gasteiger partial charge < -0.3 is 20.2 Å². The fourth-order valence-corrected chi connectivity index (χ4v) is 2.12. The standard InChI is InChI=1S/C15H29NO3.C5H12O2/c1-3-4-5-6-7-8-9-10-11-12-14(17)16(2)13-15(18)19;1-5(2,3-6)4-7/h3-13H2,1-2H3,(H,18,19);6-7H,3-4H2,1-2H3. The minimum absolute atomic E-state index is 0.0451. The average molecular weight is 376 g/mol. The highest BCUT2D eigenvalue weighted by molar-refractivity contribution is 5.80. The van der Waals surface area contributed by atoms with Crippen LogP contribution >= 0.6 is 0 Å². The Morgan fingerprint density at radius 1 is 0.846 bits per heavy atom. The Bertz CT molecular complexity index is 352. The van der Waals surface area contributed by atoms with Crippen LogP contribution in [0.3, 0.4) is 0 Å². The van der Waals surface area contributed by atoms with Gasteiger partial charge in [0.05, 0.1) is 13.2 Å². The van der Waals surface area contributed by atoms with Crippen LogP contribution in [0.2, 0.25) is 0 Å². The summed E-state index contributed by atoms with van der Waals surface area (Å²) in [6, 6.07) is 0. The number of aliphatic hydroxyl groups excluding tert-OH is 2. The van der Waals surface area contributed by atoms with Crippen LogP contribution < -0.4 is 0 Å². The highest BCUT2D eigenvalue weighted by Crippen LogP contribution is 2.11. The molecule has 0 unspecified atom stereocenters. The van der Waals surface area contributed by atoms with Gasteiger partial charge in [0, 0.05) is 18.9 Å². The van der Waals surface area contributed by atoms with Crippen molar-refractivity contribution in [2.45, 2.75) is 85.0 Å². The first-order valence-electron chi connectivity index (χ1n) is 9.87. The predicted octanol–water partition coefficient (Wildman–Crippen LogP) is 3.45. The van der Waals surface area contributed by atoms with Gasteiger partial charge >= 0.3 is 5.97 Å². The summed E-state index contributed by atoms with van der Waals surface area (Å²) in [7, 11) is 1.55. The van der Waals surface area contributed by atoms with Gasteiger partial charge in [0.15, 0.2) is 0 Å². The molecule has 0 radical (unpaired) electrons. The maximum Gasteiger partial charge on any atom is 0.323 e. The van der Waals surface area contributed by atoms with E-state index in [-0.39, 0.29) is 31.1 Å². The van der Waals surface area contributed by atoms with Crippen molar-refractivity contribution in [1.29, 1.82) is 0 Å². The van der Waals surface area contributed by atoms with Crippen molar-refractivity contribution >= 4 is 11.9 Å². The number of rotatable bonds is 14. The van der Waals surface area contributed by atoms with E-state index in [0.717, 1.165) is 12.8 Å². The molecule has 3 N–H and O–H groups in total. The van der Waals surface area contributed by atoms with Crippen LogP contribution in [0.15, 0.2) is 0 Å². The van der Waals surface area contributed by atoms with E-state index in [9.17, 15) is 9.59 Å². The van der Waals surface area contributed by atoms with Crippen molar-refractivity contribution in [2.75, 3.05) is 26.8 Å². The second kappa shape index (κ2) is 17.3. The lowest BCUT2D eigenvalue weighted by Crippen LogP contribution is -2.31. The summed E-state index contributed by atoms with van der Waals surface area (Å²) in [5.74, 6) is -1.02. The summed E-state index contributed by atoms with van der Waals surface area (Å²) in [4.78, 5) is 23.3. The monoisotopic (exact) mass is 375 g/mol. The lowest BCUT2D eigenvalue weighted by Gasteiger charge is -2.16. The van der Waals surface area contributed by atoms with Crippen LogP contribution in [-0.2, 0) is 9.59 Å². The summed E-state index contributed by atoms with van der Waals surface area (Å²) in [5, 5.41) is 25.4. The molecule has 26 heavy (non-hydrogen) atoms. The topological polar surface area (TPSA) is 98.1 Å². The van der Waals surface area contributed by atoms with E-state index in [4.69, 9.17) is 15.3 Å². The van der Waals surface area contributed by atoms with Gasteiger partial charge in [-0.25, -0.2) is 0 Å². The van der Waals surface area contributed by atoms with Crippen LogP contribution in [0, 0.1) is 5.41 Å². The van der Waals surface area contributed by atoms with Crippen LogP contribution in [-0.4, -0.2) is 58.9 Å². The molecular formula is C20H41NO5. The number of nitrogens with zero attached hydrogens (tertiary/aromatic N) is 1. The number of aliphatic carboxylic acids is 1. The molecule has 0 heterocycles. The number of carbonyl (C=O) groups excluding carboxylic acids is 1. The minimum atomic E-state index is -0.956. The molecule has 0 aliphatic carbocycles. The number of carboxylic acids is 1. The summed E-state index contributed by atoms with van der Waals surface area (Å²) in [6.45, 7) is 5.71. The maximum absolute atomic E-state index is 11.5. The fraction of sp³-hybridized carbons (Fsp3) is 0.900. The van der Waals surface area contributed by atoms with Gasteiger partial charge in [-0.2, -0.15) is 0 Å². The van der Waals surface area contributed by atoms with Crippen LogP contribution in [0.4, 0.5) is 0 Å². The number of hydrogen-bond acceptors (Lipinski definition) is 4. The first kappa shape index (κ1) is 27.1. The molecule has 156 valence electrons. The predicted molar refractivity (Wildman–Crippen MR) is 105 cm³/mol. The van der Waals surface area contributed by atoms with Crippen molar-refractivity contribution in [3.63, 3.8) is 0 Å². The Morgan fingerprint density at radius 3 is 1.62 bits per heavy atom. The van der Waals surface area contributed by atoms with E-state index in [1.807, 2.05) is 0 Å². The lowest BCUT2D eigenvalue weighted by atomic mass is 9.97. The second-order valence-electron chi connectivity index (χ2n) is 7.70. The van der Waals surface area contributed by atoms with Gasteiger partial charge in [-0.3, -0.25) is 9.59 Å². The summed E-state index contributed by atoms with van der Waals surface area (Å²) < 4.78 is 0. The Kier molecular flexibility index (Phi) is 18.0. The lowest BCUT2D eigenvalue weighted by molar-refractivity contribution is -0.143. The Hall–Kier alpha value is -1.14. The van der Waals surface area contributed by atoms with Crippen molar-refractivity contribution in [2.24, 2.45) is 5.41 Å². The molecule has 0 aliphatic rings. The summed E-state index contributed by atoms with van der Waals surface area (Å²) in [6.07, 6.45) is 11.4. The molecule has 0 saturated heterocycles. The Morgan fingerprint density at radius 2 is 1.27 bits per heavy atom. The van der Waals surface area contributed by atoms with Gasteiger partial charge in [-0.15, -0.1) is 0 Å². The maximum atomic E-state index is 11.5. The van der Waals surface area contributed by atoms with Gasteiger partial charge in [0.25, 0.3) is 0 Å². The molecule has 0 aromatic heterocycles. The molecular weight excluding hydrogens is 334 g/mol. The summed E-state index contributed by atoms with van der Waals surface area (Å²) in [5.41, 5.74) is -0.306. The number of amides is 1. The van der Waals surface area contributed by atoms with Crippen molar-refractivity contribution in [3.05, 3.63) is 0 Å². The van der Waals surface area contributed by atoms with Crippen molar-refractivity contribution in [3.8, 4) is 0 Å². The molecule has 0 rings (SSSR count). The Labute approximate surface area is 159 Å². The highest BCUT2D eigenvalue weighted by atomic mass is 16.4. The third-order valence-electron chi connectivity index (χ3n) is 4.15. The molecule has 6 heteroatoms.